The monoisotopic (exact) mass is 518 g/mol. The number of likely N-dealkylation sites (N-methyl/N-ethyl adjacent to an activating group) is 1. The van der Waals surface area contributed by atoms with Crippen molar-refractivity contribution in [2.75, 3.05) is 43.4 Å². The van der Waals surface area contributed by atoms with Crippen molar-refractivity contribution in [3.8, 4) is 5.95 Å². The summed E-state index contributed by atoms with van der Waals surface area (Å²) in [4.78, 5) is 41.1. The lowest BCUT2D eigenvalue weighted by atomic mass is 10.1. The third-order valence-electron chi connectivity index (χ3n) is 7.22. The van der Waals surface area contributed by atoms with Crippen LogP contribution in [0.25, 0.3) is 33.5 Å². The normalized spacial score (nSPS) is 14.5. The van der Waals surface area contributed by atoms with Crippen LogP contribution in [0.2, 0.25) is 0 Å². The molecule has 0 unspecified atom stereocenters. The van der Waals surface area contributed by atoms with E-state index in [1.54, 1.807) is 23.1 Å². The number of anilines is 3. The Kier molecular flexibility index (Phi) is 5.44. The average Bonchev–Trinajstić information content (AvgIpc) is 3.29. The van der Waals surface area contributed by atoms with Gasteiger partial charge < -0.3 is 15.1 Å². The molecule has 0 atom stereocenters. The second-order valence-electron chi connectivity index (χ2n) is 9.78. The predicted molar refractivity (Wildman–Crippen MR) is 151 cm³/mol. The molecule has 194 valence electrons. The first-order chi connectivity index (χ1) is 19.1. The molecule has 1 saturated heterocycles. The Labute approximate surface area is 223 Å². The highest BCUT2D eigenvalue weighted by Gasteiger charge is 2.20. The summed E-state index contributed by atoms with van der Waals surface area (Å²) >= 11 is 0. The van der Waals surface area contributed by atoms with Gasteiger partial charge in [-0.25, -0.2) is 24.6 Å². The van der Waals surface area contributed by atoms with Crippen molar-refractivity contribution in [1.29, 1.82) is 0 Å². The number of rotatable bonds is 4. The van der Waals surface area contributed by atoms with E-state index in [0.29, 0.717) is 28.6 Å². The minimum Gasteiger partial charge on any atom is -0.369 e. The van der Waals surface area contributed by atoms with Crippen LogP contribution in [-0.4, -0.2) is 72.2 Å². The summed E-state index contributed by atoms with van der Waals surface area (Å²) in [5.74, 6) is 0.752. The number of fused-ring (bicyclic) bond motifs is 4. The van der Waals surface area contributed by atoms with Crippen molar-refractivity contribution < 1.29 is 0 Å². The van der Waals surface area contributed by atoms with Gasteiger partial charge in [0.15, 0.2) is 11.3 Å². The number of hydrogen-bond acceptors (Lipinski definition) is 9. The molecule has 0 saturated carbocycles. The van der Waals surface area contributed by atoms with Gasteiger partial charge in [0.1, 0.15) is 5.39 Å². The SMILES string of the molecule is Cc1cc(Nc2ncc3c(=O)n4c(nc3n2)c2ccccc2n4-c2ncccn2)ccc1N1CCN(C)CC1. The van der Waals surface area contributed by atoms with E-state index in [4.69, 9.17) is 4.98 Å². The summed E-state index contributed by atoms with van der Waals surface area (Å²) in [5.41, 5.74) is 4.57. The largest absolute Gasteiger partial charge is 0.369 e. The van der Waals surface area contributed by atoms with E-state index in [-0.39, 0.29) is 5.56 Å². The number of benzene rings is 2. The molecular weight excluding hydrogens is 492 g/mol. The van der Waals surface area contributed by atoms with Gasteiger partial charge in [0, 0.05) is 61.5 Å². The summed E-state index contributed by atoms with van der Waals surface area (Å²) in [7, 11) is 2.16. The van der Waals surface area contributed by atoms with Crippen LogP contribution >= 0.6 is 0 Å². The van der Waals surface area contributed by atoms with Crippen molar-refractivity contribution in [3.63, 3.8) is 0 Å². The van der Waals surface area contributed by atoms with Gasteiger partial charge in [-0.3, -0.25) is 4.79 Å². The van der Waals surface area contributed by atoms with Crippen molar-refractivity contribution in [2.24, 2.45) is 0 Å². The molecule has 0 bridgehead atoms. The molecule has 1 N–H and O–H groups in total. The van der Waals surface area contributed by atoms with Crippen molar-refractivity contribution in [1.82, 2.24) is 39.0 Å². The summed E-state index contributed by atoms with van der Waals surface area (Å²) in [6.07, 6.45) is 4.80. The Morgan fingerprint density at radius 2 is 1.67 bits per heavy atom. The fourth-order valence-electron chi connectivity index (χ4n) is 5.20. The van der Waals surface area contributed by atoms with E-state index in [2.05, 4.69) is 61.2 Å². The molecule has 0 radical (unpaired) electrons. The van der Waals surface area contributed by atoms with Crippen LogP contribution in [0.3, 0.4) is 0 Å². The molecule has 7 rings (SSSR count). The minimum atomic E-state index is -0.294. The zero-order chi connectivity index (χ0) is 26.5. The van der Waals surface area contributed by atoms with Crippen LogP contribution < -0.4 is 15.8 Å². The summed E-state index contributed by atoms with van der Waals surface area (Å²) in [6, 6.07) is 15.7. The molecular formula is C28H26N10O. The molecule has 4 aromatic heterocycles. The summed E-state index contributed by atoms with van der Waals surface area (Å²) in [6.45, 7) is 6.26. The van der Waals surface area contributed by atoms with Gasteiger partial charge in [-0.2, -0.15) is 9.50 Å². The van der Waals surface area contributed by atoms with Gasteiger partial charge in [-0.05, 0) is 55.9 Å². The van der Waals surface area contributed by atoms with E-state index in [9.17, 15) is 4.79 Å². The molecule has 0 aliphatic carbocycles. The minimum absolute atomic E-state index is 0.294. The standard InChI is InChI=1S/C28H26N10O/c1-18-16-19(8-9-22(18)36-14-12-35(2)13-15-36)32-27-31-17-21-24(34-27)33-25-20-6-3-4-7-23(20)37(38(25)26(21)39)28-29-10-5-11-30-28/h3-11,16-17H,12-15H2,1-2H3,(H,31,32,34). The van der Waals surface area contributed by atoms with Gasteiger partial charge >= 0.3 is 0 Å². The Hall–Kier alpha value is -4.90. The molecule has 6 aromatic rings. The molecule has 1 aliphatic heterocycles. The smallest absolute Gasteiger partial charge is 0.284 e. The zero-order valence-electron chi connectivity index (χ0n) is 21.6. The molecule has 0 amide bonds. The number of hydrogen-bond donors (Lipinski definition) is 1. The number of piperazine rings is 1. The third kappa shape index (κ3) is 3.94. The molecule has 5 heterocycles. The zero-order valence-corrected chi connectivity index (χ0v) is 21.6. The fourth-order valence-corrected chi connectivity index (χ4v) is 5.20. The van der Waals surface area contributed by atoms with Crippen molar-refractivity contribution >= 4 is 44.9 Å². The number of nitrogens with one attached hydrogen (secondary N) is 1. The molecule has 1 aliphatic rings. The van der Waals surface area contributed by atoms with Crippen molar-refractivity contribution in [3.05, 3.63) is 83.0 Å². The van der Waals surface area contributed by atoms with E-state index in [1.165, 1.54) is 22.0 Å². The Morgan fingerprint density at radius 1 is 0.872 bits per heavy atom. The maximum absolute atomic E-state index is 13.7. The summed E-state index contributed by atoms with van der Waals surface area (Å²) < 4.78 is 3.16. The first-order valence-corrected chi connectivity index (χ1v) is 12.8. The second kappa shape index (κ2) is 9.14. The molecule has 2 aromatic carbocycles. The van der Waals surface area contributed by atoms with Gasteiger partial charge in [-0.1, -0.05) is 12.1 Å². The first kappa shape index (κ1) is 23.2. The Balaban J connectivity index is 1.29. The Morgan fingerprint density at radius 3 is 2.46 bits per heavy atom. The molecule has 0 spiro atoms. The van der Waals surface area contributed by atoms with Crippen LogP contribution in [0.15, 0.2) is 71.9 Å². The van der Waals surface area contributed by atoms with Crippen LogP contribution in [0.4, 0.5) is 17.3 Å². The van der Waals surface area contributed by atoms with Gasteiger partial charge in [0.2, 0.25) is 11.9 Å². The lowest BCUT2D eigenvalue weighted by Crippen LogP contribution is -2.44. The molecule has 1 fully saturated rings. The third-order valence-corrected chi connectivity index (χ3v) is 7.22. The predicted octanol–water partition coefficient (Wildman–Crippen LogP) is 3.18. The molecule has 11 heteroatoms. The van der Waals surface area contributed by atoms with E-state index < -0.39 is 0 Å². The second-order valence-corrected chi connectivity index (χ2v) is 9.78. The van der Waals surface area contributed by atoms with Crippen LogP contribution in [0.5, 0.6) is 0 Å². The number of para-hydroxylation sites is 1. The fraction of sp³-hybridized carbons (Fsp3) is 0.214. The highest BCUT2D eigenvalue weighted by Crippen LogP contribution is 2.27. The highest BCUT2D eigenvalue weighted by molar-refractivity contribution is 5.95. The van der Waals surface area contributed by atoms with Crippen molar-refractivity contribution in [2.45, 2.75) is 6.92 Å². The number of aromatic nitrogens is 7. The molecule has 39 heavy (non-hydrogen) atoms. The molecule has 11 nitrogen and oxygen atoms in total. The number of nitrogens with zero attached hydrogens (tertiary/aromatic N) is 9. The van der Waals surface area contributed by atoms with Crippen LogP contribution in [0, 0.1) is 6.92 Å². The quantitative estimate of drug-likeness (QED) is 0.376. The van der Waals surface area contributed by atoms with E-state index in [1.807, 2.05) is 30.3 Å². The van der Waals surface area contributed by atoms with E-state index >= 15 is 0 Å². The van der Waals surface area contributed by atoms with Crippen LogP contribution in [-0.2, 0) is 0 Å². The van der Waals surface area contributed by atoms with Crippen LogP contribution in [0.1, 0.15) is 5.56 Å². The maximum Gasteiger partial charge on any atom is 0.284 e. The lowest BCUT2D eigenvalue weighted by Gasteiger charge is -2.35. The first-order valence-electron chi connectivity index (χ1n) is 12.8. The maximum atomic E-state index is 13.7. The number of aryl methyl sites for hydroxylation is 1. The van der Waals surface area contributed by atoms with E-state index in [0.717, 1.165) is 42.8 Å². The summed E-state index contributed by atoms with van der Waals surface area (Å²) in [5, 5.41) is 4.39. The van der Waals surface area contributed by atoms with Gasteiger partial charge in [0.25, 0.3) is 5.56 Å². The van der Waals surface area contributed by atoms with Gasteiger partial charge in [0.05, 0.1) is 5.52 Å². The highest BCUT2D eigenvalue weighted by atomic mass is 16.1. The van der Waals surface area contributed by atoms with Gasteiger partial charge in [-0.15, -0.1) is 0 Å². The lowest BCUT2D eigenvalue weighted by molar-refractivity contribution is 0.312. The Bertz CT molecular complexity index is 1910. The average molecular weight is 519 g/mol. The topological polar surface area (TPSA) is 109 Å².